The molecule has 0 atom stereocenters. The van der Waals surface area contributed by atoms with Crippen molar-refractivity contribution in [2.75, 3.05) is 36.4 Å². The van der Waals surface area contributed by atoms with Crippen LogP contribution in [0.25, 0.3) is 0 Å². The lowest BCUT2D eigenvalue weighted by Crippen LogP contribution is -2.45. The Morgan fingerprint density at radius 3 is 2.36 bits per heavy atom. The van der Waals surface area contributed by atoms with Gasteiger partial charge < -0.3 is 15.1 Å². The topological polar surface area (TPSA) is 52.7 Å². The number of carbonyl (C=O) groups is 2. The number of hydrogen-bond acceptors (Lipinski definition) is 3. The van der Waals surface area contributed by atoms with Gasteiger partial charge >= 0.3 is 0 Å². The number of piperazine rings is 1. The van der Waals surface area contributed by atoms with Crippen LogP contribution in [0.2, 0.25) is 0 Å². The summed E-state index contributed by atoms with van der Waals surface area (Å²) >= 11 is 0. The summed E-state index contributed by atoms with van der Waals surface area (Å²) in [7, 11) is 0. The largest absolute Gasteiger partial charge is 0.368 e. The van der Waals surface area contributed by atoms with Crippen molar-refractivity contribution in [2.24, 2.45) is 0 Å². The van der Waals surface area contributed by atoms with Gasteiger partial charge in [0.15, 0.2) is 0 Å². The van der Waals surface area contributed by atoms with Gasteiger partial charge in [0.2, 0.25) is 12.3 Å². The van der Waals surface area contributed by atoms with E-state index in [0.29, 0.717) is 24.3 Å². The predicted molar refractivity (Wildman–Crippen MR) is 95.0 cm³/mol. The highest BCUT2D eigenvalue weighted by Gasteiger charge is 2.15. The Balaban J connectivity index is 1.56. The average molecular weight is 341 g/mol. The first kappa shape index (κ1) is 17.0. The molecule has 6 heteroatoms. The van der Waals surface area contributed by atoms with Crippen molar-refractivity contribution in [3.8, 4) is 0 Å². The third-order valence-electron chi connectivity index (χ3n) is 4.29. The van der Waals surface area contributed by atoms with Gasteiger partial charge in [-0.1, -0.05) is 18.2 Å². The van der Waals surface area contributed by atoms with Crippen molar-refractivity contribution in [2.45, 2.75) is 6.42 Å². The minimum Gasteiger partial charge on any atom is -0.368 e. The van der Waals surface area contributed by atoms with Gasteiger partial charge in [-0.2, -0.15) is 0 Å². The summed E-state index contributed by atoms with van der Waals surface area (Å²) in [5, 5.41) is 2.79. The second-order valence-corrected chi connectivity index (χ2v) is 5.99. The minimum atomic E-state index is -0.373. The fourth-order valence-corrected chi connectivity index (χ4v) is 2.86. The molecule has 25 heavy (non-hydrogen) atoms. The number of nitrogens with zero attached hydrogens (tertiary/aromatic N) is 2. The van der Waals surface area contributed by atoms with E-state index in [9.17, 15) is 14.0 Å². The Hall–Kier alpha value is -2.89. The van der Waals surface area contributed by atoms with E-state index in [0.717, 1.165) is 25.2 Å². The molecule has 1 saturated heterocycles. The van der Waals surface area contributed by atoms with E-state index >= 15 is 0 Å². The number of rotatable bonds is 5. The standard InChI is InChI=1S/C19H20FN3O2/c20-18-4-2-1-3-15(18)13-19(25)21-16-5-7-17(8-6-16)23-11-9-22(14-24)10-12-23/h1-8,14H,9-13H2,(H,21,25). The van der Waals surface area contributed by atoms with Crippen LogP contribution >= 0.6 is 0 Å². The average Bonchev–Trinajstić information content (AvgIpc) is 2.64. The fourth-order valence-electron chi connectivity index (χ4n) is 2.86. The van der Waals surface area contributed by atoms with Crippen LogP contribution in [0.1, 0.15) is 5.56 Å². The van der Waals surface area contributed by atoms with Crippen LogP contribution in [0.3, 0.4) is 0 Å². The third kappa shape index (κ3) is 4.35. The van der Waals surface area contributed by atoms with Gasteiger partial charge in [0.1, 0.15) is 5.82 Å². The van der Waals surface area contributed by atoms with Crippen LogP contribution < -0.4 is 10.2 Å². The van der Waals surface area contributed by atoms with Crippen molar-refractivity contribution >= 4 is 23.7 Å². The van der Waals surface area contributed by atoms with Crippen LogP contribution in [0.5, 0.6) is 0 Å². The maximum Gasteiger partial charge on any atom is 0.228 e. The Morgan fingerprint density at radius 1 is 1.04 bits per heavy atom. The van der Waals surface area contributed by atoms with E-state index in [-0.39, 0.29) is 18.1 Å². The van der Waals surface area contributed by atoms with Crippen LogP contribution in [0.4, 0.5) is 15.8 Å². The number of carbonyl (C=O) groups excluding carboxylic acids is 2. The first-order valence-electron chi connectivity index (χ1n) is 8.23. The maximum atomic E-state index is 13.6. The summed E-state index contributed by atoms with van der Waals surface area (Å²) in [6.07, 6.45) is 0.883. The zero-order valence-corrected chi connectivity index (χ0v) is 13.8. The van der Waals surface area contributed by atoms with Gasteiger partial charge in [0.05, 0.1) is 6.42 Å². The molecule has 5 nitrogen and oxygen atoms in total. The Labute approximate surface area is 146 Å². The molecule has 2 amide bonds. The molecule has 0 unspecified atom stereocenters. The molecule has 1 aliphatic heterocycles. The zero-order valence-electron chi connectivity index (χ0n) is 13.8. The molecule has 0 aliphatic carbocycles. The Morgan fingerprint density at radius 2 is 1.72 bits per heavy atom. The quantitative estimate of drug-likeness (QED) is 0.849. The summed E-state index contributed by atoms with van der Waals surface area (Å²) in [5.74, 6) is -0.625. The molecule has 2 aromatic carbocycles. The van der Waals surface area contributed by atoms with Crippen LogP contribution in [-0.2, 0) is 16.0 Å². The van der Waals surface area contributed by atoms with Crippen molar-refractivity contribution < 1.29 is 14.0 Å². The van der Waals surface area contributed by atoms with Gasteiger partial charge in [-0.05, 0) is 35.9 Å². The van der Waals surface area contributed by atoms with Crippen molar-refractivity contribution in [1.82, 2.24) is 4.90 Å². The summed E-state index contributed by atoms with van der Waals surface area (Å²) in [6.45, 7) is 3.00. The van der Waals surface area contributed by atoms with E-state index < -0.39 is 0 Å². The molecule has 0 saturated carbocycles. The van der Waals surface area contributed by atoms with Crippen molar-refractivity contribution in [3.63, 3.8) is 0 Å². The van der Waals surface area contributed by atoms with E-state index in [1.54, 1.807) is 23.1 Å². The van der Waals surface area contributed by atoms with Gasteiger partial charge in [0, 0.05) is 37.6 Å². The van der Waals surface area contributed by atoms with Crippen LogP contribution in [0.15, 0.2) is 48.5 Å². The predicted octanol–water partition coefficient (Wildman–Crippen LogP) is 2.29. The molecule has 2 aromatic rings. The third-order valence-corrected chi connectivity index (χ3v) is 4.29. The molecular weight excluding hydrogens is 321 g/mol. The smallest absolute Gasteiger partial charge is 0.228 e. The van der Waals surface area contributed by atoms with Gasteiger partial charge in [-0.3, -0.25) is 9.59 Å². The lowest BCUT2D eigenvalue weighted by molar-refractivity contribution is -0.118. The Kier molecular flexibility index (Phi) is 5.28. The molecule has 3 rings (SSSR count). The number of hydrogen-bond donors (Lipinski definition) is 1. The second kappa shape index (κ2) is 7.79. The molecule has 0 aromatic heterocycles. The fraction of sp³-hybridized carbons (Fsp3) is 0.263. The molecule has 0 bridgehead atoms. The maximum absolute atomic E-state index is 13.6. The first-order chi connectivity index (χ1) is 12.2. The molecule has 0 radical (unpaired) electrons. The lowest BCUT2D eigenvalue weighted by Gasteiger charge is -2.34. The second-order valence-electron chi connectivity index (χ2n) is 5.99. The number of halogens is 1. The van der Waals surface area contributed by atoms with Gasteiger partial charge in [-0.15, -0.1) is 0 Å². The first-order valence-corrected chi connectivity index (χ1v) is 8.23. The summed E-state index contributed by atoms with van der Waals surface area (Å²) in [6, 6.07) is 13.8. The molecule has 1 fully saturated rings. The molecule has 1 heterocycles. The van der Waals surface area contributed by atoms with E-state index in [1.165, 1.54) is 6.07 Å². The number of amides is 2. The number of benzene rings is 2. The molecule has 130 valence electrons. The van der Waals surface area contributed by atoms with E-state index in [1.807, 2.05) is 24.3 Å². The highest BCUT2D eigenvalue weighted by molar-refractivity contribution is 5.92. The molecular formula is C19H20FN3O2. The minimum absolute atomic E-state index is 0.00206. The summed E-state index contributed by atoms with van der Waals surface area (Å²) < 4.78 is 13.6. The monoisotopic (exact) mass is 341 g/mol. The normalized spacial score (nSPS) is 14.3. The molecule has 1 aliphatic rings. The summed E-state index contributed by atoms with van der Waals surface area (Å²) in [5.41, 5.74) is 2.11. The van der Waals surface area contributed by atoms with Crippen molar-refractivity contribution in [3.05, 3.63) is 59.9 Å². The van der Waals surface area contributed by atoms with Gasteiger partial charge in [-0.25, -0.2) is 4.39 Å². The lowest BCUT2D eigenvalue weighted by atomic mass is 10.1. The number of nitrogens with one attached hydrogen (secondary N) is 1. The van der Waals surface area contributed by atoms with E-state index in [4.69, 9.17) is 0 Å². The van der Waals surface area contributed by atoms with Crippen LogP contribution in [0, 0.1) is 5.82 Å². The Bertz CT molecular complexity index is 741. The zero-order chi connectivity index (χ0) is 17.6. The molecule has 0 spiro atoms. The van der Waals surface area contributed by atoms with Gasteiger partial charge in [0.25, 0.3) is 0 Å². The SMILES string of the molecule is O=CN1CCN(c2ccc(NC(=O)Cc3ccccc3F)cc2)CC1. The highest BCUT2D eigenvalue weighted by Crippen LogP contribution is 2.19. The summed E-state index contributed by atoms with van der Waals surface area (Å²) in [4.78, 5) is 26.8. The van der Waals surface area contributed by atoms with Crippen LogP contribution in [-0.4, -0.2) is 43.4 Å². The number of anilines is 2. The highest BCUT2D eigenvalue weighted by atomic mass is 19.1. The van der Waals surface area contributed by atoms with Crippen molar-refractivity contribution in [1.29, 1.82) is 0 Å². The molecule has 1 N–H and O–H groups in total. The van der Waals surface area contributed by atoms with E-state index in [2.05, 4.69) is 10.2 Å².